The number of para-hydroxylation sites is 1. The van der Waals surface area contributed by atoms with Crippen LogP contribution in [0, 0.1) is 0 Å². The van der Waals surface area contributed by atoms with Crippen LogP contribution in [-0.2, 0) is 23.2 Å². The number of aromatic amines is 1. The lowest BCUT2D eigenvalue weighted by atomic mass is 10.2. The topological polar surface area (TPSA) is 127 Å². The Morgan fingerprint density at radius 3 is 2.62 bits per heavy atom. The quantitative estimate of drug-likeness (QED) is 0.168. The number of nitrogens with zero attached hydrogens (tertiary/aromatic N) is 5. The first-order valence-corrected chi connectivity index (χ1v) is 15.7. The van der Waals surface area contributed by atoms with Crippen LogP contribution >= 0.6 is 34.5 Å². The van der Waals surface area contributed by atoms with Crippen LogP contribution in [0.1, 0.15) is 29.5 Å². The third-order valence-electron chi connectivity index (χ3n) is 7.55. The number of aromatic nitrogens is 5. The molecule has 7 rings (SSSR count). The average Bonchev–Trinajstić information content (AvgIpc) is 3.78. The van der Waals surface area contributed by atoms with Gasteiger partial charge in [-0.1, -0.05) is 59.6 Å². The van der Waals surface area contributed by atoms with Gasteiger partial charge in [-0.15, -0.1) is 16.4 Å². The number of imidazole rings is 1. The van der Waals surface area contributed by atoms with Crippen LogP contribution in [0.3, 0.4) is 0 Å². The molecule has 0 bridgehead atoms. The van der Waals surface area contributed by atoms with E-state index >= 15 is 0 Å². The number of hydroxylamine groups is 2. The van der Waals surface area contributed by atoms with E-state index in [4.69, 9.17) is 42.7 Å². The van der Waals surface area contributed by atoms with E-state index in [2.05, 4.69) is 15.3 Å². The third-order valence-corrected chi connectivity index (χ3v) is 9.13. The van der Waals surface area contributed by atoms with E-state index in [1.807, 2.05) is 41.8 Å². The average molecular weight is 663 g/mol. The van der Waals surface area contributed by atoms with Gasteiger partial charge >= 0.3 is 6.16 Å². The minimum absolute atomic E-state index is 0.124. The highest BCUT2D eigenvalue weighted by Gasteiger charge is 2.32. The van der Waals surface area contributed by atoms with Crippen LogP contribution in [0.5, 0.6) is 0 Å². The molecule has 2 N–H and O–H groups in total. The van der Waals surface area contributed by atoms with E-state index < -0.39 is 6.16 Å². The Balaban J connectivity index is 1.13. The first kappa shape index (κ1) is 29.2. The van der Waals surface area contributed by atoms with Gasteiger partial charge in [0.05, 0.1) is 43.7 Å². The Labute approximate surface area is 270 Å². The highest BCUT2D eigenvalue weighted by Crippen LogP contribution is 2.36. The maximum atomic E-state index is 13.5. The maximum absolute atomic E-state index is 13.5. The third kappa shape index (κ3) is 5.73. The van der Waals surface area contributed by atoms with Gasteiger partial charge in [-0.05, 0) is 42.7 Å². The molecule has 0 spiro atoms. The van der Waals surface area contributed by atoms with Crippen molar-refractivity contribution in [3.8, 4) is 11.5 Å². The number of rotatable bonds is 7. The lowest BCUT2D eigenvalue weighted by Gasteiger charge is -2.20. The summed E-state index contributed by atoms with van der Waals surface area (Å²) in [5.41, 5.74) is 3.30. The van der Waals surface area contributed by atoms with Crippen molar-refractivity contribution >= 4 is 74.3 Å². The summed E-state index contributed by atoms with van der Waals surface area (Å²) in [7, 11) is 1.80. The molecule has 1 aliphatic heterocycles. The number of hydrogen-bond donors (Lipinski definition) is 2. The number of carbonyl (C=O) groups excluding carboxylic acids is 1. The Morgan fingerprint density at radius 1 is 1.04 bits per heavy atom. The fourth-order valence-electron chi connectivity index (χ4n) is 5.38. The Hall–Kier alpha value is -4.49. The van der Waals surface area contributed by atoms with Gasteiger partial charge in [0.2, 0.25) is 5.95 Å². The zero-order valence-electron chi connectivity index (χ0n) is 23.8. The summed E-state index contributed by atoms with van der Waals surface area (Å²) in [6, 6.07) is 18.0. The summed E-state index contributed by atoms with van der Waals surface area (Å²) in [6.07, 6.45) is 0.823. The lowest BCUT2D eigenvalue weighted by molar-refractivity contribution is -0.139. The highest BCUT2D eigenvalue weighted by molar-refractivity contribution is 7.10. The largest absolute Gasteiger partial charge is 0.528 e. The number of H-pyrrole nitrogens is 1. The van der Waals surface area contributed by atoms with Crippen LogP contribution in [-0.4, -0.2) is 42.3 Å². The number of thiazole rings is 1. The molecule has 1 unspecified atom stereocenters. The molecular weight excluding hydrogens is 637 g/mol. The Morgan fingerprint density at radius 2 is 1.82 bits per heavy atom. The molecule has 6 aromatic rings. The maximum Gasteiger partial charge on any atom is 0.528 e. The fourth-order valence-corrected chi connectivity index (χ4v) is 6.81. The SMILES string of the molecule is Cn1c(Nc2c(Cl)cccc2Cl)nc2ccc3nc(-c4csc(C5CCCN5OC(=O)OCc5ccccc5)n4)[nH]c(=O)c3c21. The standard InChI is InChI=1S/C31H25Cl2N7O4S/c1-39-26-21(36-30(39)37-25-18(32)9-5-10-19(25)33)13-12-20-24(26)28(41)38-27(34-20)22-16-45-29(35-22)23-11-6-14-40(23)44-31(42)43-15-17-7-3-2-4-8-17/h2-5,7-10,12-13,16,23H,6,11,14-15H2,1H3,(H,36,37)(H,34,38,41). The molecule has 45 heavy (non-hydrogen) atoms. The van der Waals surface area contributed by atoms with Gasteiger partial charge in [0.15, 0.2) is 5.82 Å². The first-order valence-electron chi connectivity index (χ1n) is 14.1. The number of ether oxygens (including phenoxy) is 1. The van der Waals surface area contributed by atoms with Gasteiger partial charge in [0.1, 0.15) is 17.3 Å². The molecule has 1 saturated heterocycles. The van der Waals surface area contributed by atoms with Gasteiger partial charge in [-0.3, -0.25) is 4.79 Å². The highest BCUT2D eigenvalue weighted by atomic mass is 35.5. The number of halogens is 2. The number of hydrogen-bond acceptors (Lipinski definition) is 10. The van der Waals surface area contributed by atoms with Gasteiger partial charge < -0.3 is 24.4 Å². The molecule has 0 radical (unpaired) electrons. The number of carbonyl (C=O) groups is 1. The molecule has 1 aliphatic rings. The normalized spacial score (nSPS) is 15.1. The van der Waals surface area contributed by atoms with Crippen LogP contribution in [0.4, 0.5) is 16.4 Å². The van der Waals surface area contributed by atoms with Crippen molar-refractivity contribution in [2.75, 3.05) is 11.9 Å². The Bertz CT molecular complexity index is 2090. The molecule has 4 heterocycles. The van der Waals surface area contributed by atoms with E-state index in [1.54, 1.807) is 40.9 Å². The van der Waals surface area contributed by atoms with Gasteiger partial charge in [-0.25, -0.2) is 19.7 Å². The summed E-state index contributed by atoms with van der Waals surface area (Å²) in [5.74, 6) is 0.804. The van der Waals surface area contributed by atoms with Crippen molar-refractivity contribution in [1.29, 1.82) is 0 Å². The van der Waals surface area contributed by atoms with E-state index in [0.29, 0.717) is 61.7 Å². The second kappa shape index (κ2) is 12.1. The zero-order valence-corrected chi connectivity index (χ0v) is 26.1. The molecule has 3 aromatic heterocycles. The molecule has 228 valence electrons. The van der Waals surface area contributed by atoms with Crippen molar-refractivity contribution in [2.24, 2.45) is 7.05 Å². The van der Waals surface area contributed by atoms with Crippen LogP contribution in [0.15, 0.2) is 70.8 Å². The number of nitrogens with one attached hydrogen (secondary N) is 2. The van der Waals surface area contributed by atoms with E-state index in [1.165, 1.54) is 11.3 Å². The summed E-state index contributed by atoms with van der Waals surface area (Å²) >= 11 is 14.1. The molecule has 14 heteroatoms. The van der Waals surface area contributed by atoms with Gasteiger partial charge in [-0.2, -0.15) is 0 Å². The predicted octanol–water partition coefficient (Wildman–Crippen LogP) is 7.39. The zero-order chi connectivity index (χ0) is 31.1. The molecule has 1 atom stereocenters. The van der Waals surface area contributed by atoms with Crippen molar-refractivity contribution in [2.45, 2.75) is 25.5 Å². The van der Waals surface area contributed by atoms with Crippen molar-refractivity contribution in [1.82, 2.24) is 29.6 Å². The predicted molar refractivity (Wildman–Crippen MR) is 174 cm³/mol. The molecule has 0 aliphatic carbocycles. The van der Waals surface area contributed by atoms with Crippen molar-refractivity contribution < 1.29 is 14.4 Å². The van der Waals surface area contributed by atoms with E-state index in [9.17, 15) is 9.59 Å². The second-order valence-electron chi connectivity index (χ2n) is 10.4. The van der Waals surface area contributed by atoms with Crippen molar-refractivity contribution in [3.63, 3.8) is 0 Å². The van der Waals surface area contributed by atoms with E-state index in [0.717, 1.165) is 23.4 Å². The van der Waals surface area contributed by atoms with E-state index in [-0.39, 0.29) is 18.2 Å². The Kier molecular flexibility index (Phi) is 7.88. The number of fused-ring (bicyclic) bond motifs is 3. The number of anilines is 2. The second-order valence-corrected chi connectivity index (χ2v) is 12.1. The summed E-state index contributed by atoms with van der Waals surface area (Å²) in [6.45, 7) is 0.685. The van der Waals surface area contributed by atoms with Gasteiger partial charge in [0.25, 0.3) is 5.56 Å². The van der Waals surface area contributed by atoms with Gasteiger partial charge in [0, 0.05) is 19.0 Å². The number of benzene rings is 3. The summed E-state index contributed by atoms with van der Waals surface area (Å²) in [4.78, 5) is 48.5. The van der Waals surface area contributed by atoms with Crippen LogP contribution < -0.4 is 10.9 Å². The lowest BCUT2D eigenvalue weighted by Crippen LogP contribution is -2.27. The molecule has 3 aromatic carbocycles. The van der Waals surface area contributed by atoms with Crippen LogP contribution in [0.25, 0.3) is 33.5 Å². The smallest absolute Gasteiger partial charge is 0.428 e. The minimum Gasteiger partial charge on any atom is -0.428 e. The van der Waals surface area contributed by atoms with Crippen LogP contribution in [0.2, 0.25) is 10.0 Å². The molecular formula is C31H25Cl2N7O4S. The summed E-state index contributed by atoms with van der Waals surface area (Å²) in [5, 5.41) is 8.65. The molecule has 0 amide bonds. The molecule has 0 saturated carbocycles. The first-order chi connectivity index (χ1) is 21.9. The fraction of sp³-hybridized carbons (Fsp3) is 0.194. The number of aryl methyl sites for hydroxylation is 1. The molecule has 11 nitrogen and oxygen atoms in total. The van der Waals surface area contributed by atoms with Crippen molar-refractivity contribution in [3.05, 3.63) is 97.0 Å². The summed E-state index contributed by atoms with van der Waals surface area (Å²) < 4.78 is 7.06. The molecule has 1 fully saturated rings. The minimum atomic E-state index is -0.766. The monoisotopic (exact) mass is 661 g/mol.